The van der Waals surface area contributed by atoms with Crippen molar-refractivity contribution >= 4 is 10.0 Å². The van der Waals surface area contributed by atoms with Crippen LogP contribution < -0.4 is 9.47 Å². The van der Waals surface area contributed by atoms with Crippen molar-refractivity contribution in [3.8, 4) is 11.5 Å². The second-order valence-corrected chi connectivity index (χ2v) is 9.23. The van der Waals surface area contributed by atoms with E-state index >= 15 is 0 Å². The van der Waals surface area contributed by atoms with E-state index in [1.165, 1.54) is 18.4 Å². The van der Waals surface area contributed by atoms with Crippen LogP contribution in [-0.2, 0) is 16.6 Å². The molecule has 2 aliphatic rings. The Hall–Kier alpha value is -1.35. The van der Waals surface area contributed by atoms with Crippen molar-refractivity contribution in [3.63, 3.8) is 0 Å². The molecule has 1 saturated heterocycles. The Bertz CT molecular complexity index is 735. The Kier molecular flexibility index (Phi) is 5.24. The van der Waals surface area contributed by atoms with Gasteiger partial charge in [-0.3, -0.25) is 4.90 Å². The van der Waals surface area contributed by atoms with Gasteiger partial charge in [0.25, 0.3) is 0 Å². The van der Waals surface area contributed by atoms with Crippen molar-refractivity contribution in [2.75, 3.05) is 46.2 Å². The molecule has 140 valence electrons. The van der Waals surface area contributed by atoms with Crippen LogP contribution in [0.3, 0.4) is 0 Å². The second kappa shape index (κ2) is 7.11. The summed E-state index contributed by atoms with van der Waals surface area (Å²) in [5.74, 6) is 1.21. The van der Waals surface area contributed by atoms with E-state index in [0.717, 1.165) is 22.6 Å². The third-order valence-electron chi connectivity index (χ3n) is 4.86. The van der Waals surface area contributed by atoms with E-state index in [1.54, 1.807) is 0 Å². The number of ether oxygens (including phenoxy) is 2. The fourth-order valence-corrected chi connectivity index (χ4v) is 4.46. The van der Waals surface area contributed by atoms with Crippen molar-refractivity contribution in [1.82, 2.24) is 9.21 Å². The molecule has 3 rings (SSSR count). The third kappa shape index (κ3) is 4.08. The van der Waals surface area contributed by atoms with E-state index in [2.05, 4.69) is 4.90 Å². The molecule has 0 amide bonds. The number of aryl methyl sites for hydroxylation is 1. The third-order valence-corrected chi connectivity index (χ3v) is 6.82. The zero-order valence-corrected chi connectivity index (χ0v) is 15.8. The summed E-state index contributed by atoms with van der Waals surface area (Å²) in [7, 11) is -0.279. The van der Waals surface area contributed by atoms with E-state index in [-0.39, 0.29) is 11.7 Å². The average molecular weight is 370 g/mol. The summed E-state index contributed by atoms with van der Waals surface area (Å²) >= 11 is 0. The van der Waals surface area contributed by atoms with Crippen molar-refractivity contribution < 1.29 is 23.0 Å². The van der Waals surface area contributed by atoms with Crippen LogP contribution in [0.1, 0.15) is 11.1 Å². The number of aliphatic hydroxyl groups excluding tert-OH is 1. The van der Waals surface area contributed by atoms with Gasteiger partial charge in [-0.2, -0.15) is 0 Å². The quantitative estimate of drug-likeness (QED) is 0.811. The van der Waals surface area contributed by atoms with Crippen molar-refractivity contribution in [1.29, 1.82) is 0 Å². The summed E-state index contributed by atoms with van der Waals surface area (Å²) < 4.78 is 36.6. The molecular weight excluding hydrogens is 344 g/mol. The molecule has 0 bridgehead atoms. The SMILES string of the molecule is Cc1cc2c(cc1CN1C[C@@H](CS(=O)(=O)N(C)C)[C@H](O)C1)OCCO2. The molecule has 1 aromatic rings. The molecule has 8 heteroatoms. The van der Waals surface area contributed by atoms with Crippen LogP contribution in [0.2, 0.25) is 0 Å². The van der Waals surface area contributed by atoms with Gasteiger partial charge in [0, 0.05) is 39.6 Å². The van der Waals surface area contributed by atoms with Crippen molar-refractivity contribution in [2.24, 2.45) is 5.92 Å². The highest BCUT2D eigenvalue weighted by Crippen LogP contribution is 2.34. The van der Waals surface area contributed by atoms with Crippen LogP contribution in [0.4, 0.5) is 0 Å². The number of rotatable bonds is 5. The molecule has 1 aromatic carbocycles. The molecule has 7 nitrogen and oxygen atoms in total. The Morgan fingerprint density at radius 2 is 1.84 bits per heavy atom. The molecule has 0 saturated carbocycles. The van der Waals surface area contributed by atoms with Crippen LogP contribution in [-0.4, -0.2) is 75.0 Å². The largest absolute Gasteiger partial charge is 0.486 e. The first kappa shape index (κ1) is 18.4. The zero-order valence-electron chi connectivity index (χ0n) is 14.9. The van der Waals surface area contributed by atoms with Crippen LogP contribution >= 0.6 is 0 Å². The molecule has 2 atom stereocenters. The van der Waals surface area contributed by atoms with Crippen molar-refractivity contribution in [2.45, 2.75) is 19.6 Å². The van der Waals surface area contributed by atoms with E-state index in [1.807, 2.05) is 19.1 Å². The number of nitrogens with zero attached hydrogens (tertiary/aromatic N) is 2. The Morgan fingerprint density at radius 3 is 2.48 bits per heavy atom. The average Bonchev–Trinajstić information content (AvgIpc) is 2.87. The van der Waals surface area contributed by atoms with E-state index in [0.29, 0.717) is 32.8 Å². The van der Waals surface area contributed by atoms with Gasteiger partial charge in [-0.25, -0.2) is 12.7 Å². The first-order valence-corrected chi connectivity index (χ1v) is 10.1. The highest BCUT2D eigenvalue weighted by Gasteiger charge is 2.35. The molecule has 2 aliphatic heterocycles. The molecule has 0 radical (unpaired) electrons. The number of fused-ring (bicyclic) bond motifs is 1. The van der Waals surface area contributed by atoms with Gasteiger partial charge in [-0.05, 0) is 30.2 Å². The summed E-state index contributed by atoms with van der Waals surface area (Å²) in [6, 6.07) is 3.96. The lowest BCUT2D eigenvalue weighted by molar-refractivity contribution is 0.148. The van der Waals surface area contributed by atoms with Crippen LogP contribution in [0.5, 0.6) is 11.5 Å². The van der Waals surface area contributed by atoms with Gasteiger partial charge in [0.1, 0.15) is 13.2 Å². The lowest BCUT2D eigenvalue weighted by atomic mass is 10.1. The normalized spacial score (nSPS) is 24.0. The van der Waals surface area contributed by atoms with Gasteiger partial charge in [-0.15, -0.1) is 0 Å². The zero-order chi connectivity index (χ0) is 18.2. The molecule has 0 aromatic heterocycles. The van der Waals surface area contributed by atoms with Crippen LogP contribution in [0, 0.1) is 12.8 Å². The molecule has 1 N–H and O–H groups in total. The van der Waals surface area contributed by atoms with Crippen LogP contribution in [0.25, 0.3) is 0 Å². The lowest BCUT2D eigenvalue weighted by Crippen LogP contribution is -2.33. The predicted molar refractivity (Wildman–Crippen MR) is 94.4 cm³/mol. The number of likely N-dealkylation sites (tertiary alicyclic amines) is 1. The number of sulfonamides is 1. The molecule has 0 unspecified atom stereocenters. The van der Waals surface area contributed by atoms with Gasteiger partial charge in [-0.1, -0.05) is 0 Å². The lowest BCUT2D eigenvalue weighted by Gasteiger charge is -2.22. The minimum Gasteiger partial charge on any atom is -0.486 e. The van der Waals surface area contributed by atoms with Gasteiger partial charge in [0.05, 0.1) is 11.9 Å². The maximum absolute atomic E-state index is 12.1. The van der Waals surface area contributed by atoms with E-state index < -0.39 is 16.1 Å². The highest BCUT2D eigenvalue weighted by molar-refractivity contribution is 7.89. The number of benzene rings is 1. The first-order chi connectivity index (χ1) is 11.8. The fraction of sp³-hybridized carbons (Fsp3) is 0.647. The number of aliphatic hydroxyl groups is 1. The van der Waals surface area contributed by atoms with E-state index in [4.69, 9.17) is 9.47 Å². The molecule has 0 aliphatic carbocycles. The Balaban J connectivity index is 1.68. The van der Waals surface area contributed by atoms with Gasteiger partial charge in [0.15, 0.2) is 11.5 Å². The Morgan fingerprint density at radius 1 is 1.20 bits per heavy atom. The first-order valence-electron chi connectivity index (χ1n) is 8.46. The van der Waals surface area contributed by atoms with Crippen molar-refractivity contribution in [3.05, 3.63) is 23.3 Å². The molecule has 2 heterocycles. The maximum Gasteiger partial charge on any atom is 0.214 e. The highest BCUT2D eigenvalue weighted by atomic mass is 32.2. The minimum atomic E-state index is -3.32. The second-order valence-electron chi connectivity index (χ2n) is 7.00. The van der Waals surface area contributed by atoms with Gasteiger partial charge < -0.3 is 14.6 Å². The summed E-state index contributed by atoms with van der Waals surface area (Å²) in [5.41, 5.74) is 2.20. The standard InChI is InChI=1S/C17H26N2O5S/c1-12-6-16-17(24-5-4-23-16)7-13(12)8-19-9-14(15(20)10-19)11-25(21,22)18(2)3/h6-7,14-15,20H,4-5,8-11H2,1-3H3/t14-,15+/m0/s1. The Labute approximate surface area is 149 Å². The van der Waals surface area contributed by atoms with Crippen LogP contribution in [0.15, 0.2) is 12.1 Å². The fourth-order valence-electron chi connectivity index (χ4n) is 3.30. The molecule has 1 fully saturated rings. The molecule has 0 spiro atoms. The number of hydrogen-bond acceptors (Lipinski definition) is 6. The number of hydrogen-bond donors (Lipinski definition) is 1. The summed E-state index contributed by atoms with van der Waals surface area (Å²) in [4.78, 5) is 2.10. The van der Waals surface area contributed by atoms with E-state index in [9.17, 15) is 13.5 Å². The monoisotopic (exact) mass is 370 g/mol. The summed E-state index contributed by atoms with van der Waals surface area (Å²) in [6.07, 6.45) is -0.632. The minimum absolute atomic E-state index is 0.0300. The smallest absolute Gasteiger partial charge is 0.214 e. The summed E-state index contributed by atoms with van der Waals surface area (Å²) in [6.45, 7) is 4.81. The number of β-amino-alcohol motifs (C(OH)–C–C–N with tert-alkyl or cyclic N) is 1. The summed E-state index contributed by atoms with van der Waals surface area (Å²) in [5, 5.41) is 10.3. The molecule has 25 heavy (non-hydrogen) atoms. The molecular formula is C17H26N2O5S. The van der Waals surface area contributed by atoms with Gasteiger partial charge in [0.2, 0.25) is 10.0 Å². The predicted octanol–water partition coefficient (Wildman–Crippen LogP) is 0.450. The maximum atomic E-state index is 12.1. The topological polar surface area (TPSA) is 79.3 Å². The van der Waals surface area contributed by atoms with Gasteiger partial charge >= 0.3 is 0 Å².